The van der Waals surface area contributed by atoms with E-state index in [1.807, 2.05) is 32.0 Å². The van der Waals surface area contributed by atoms with Crippen LogP contribution in [0.4, 0.5) is 15.8 Å². The number of thioether (sulfide) groups is 1. The van der Waals surface area contributed by atoms with E-state index in [0.717, 1.165) is 21.7 Å². The molecule has 8 heteroatoms. The first-order chi connectivity index (χ1) is 19.3. The molecule has 0 saturated heterocycles. The molecule has 40 heavy (non-hydrogen) atoms. The molecule has 0 heterocycles. The van der Waals surface area contributed by atoms with Gasteiger partial charge in [-0.3, -0.25) is 14.4 Å². The van der Waals surface area contributed by atoms with E-state index >= 15 is 0 Å². The Kier molecular flexibility index (Phi) is 9.48. The highest BCUT2D eigenvalue weighted by Crippen LogP contribution is 2.22. The fourth-order valence-corrected chi connectivity index (χ4v) is 4.51. The highest BCUT2D eigenvalue weighted by molar-refractivity contribution is 8.00. The summed E-state index contributed by atoms with van der Waals surface area (Å²) < 4.78 is 14.3. The molecule has 0 aromatic heterocycles. The molecule has 0 aliphatic carbocycles. The zero-order chi connectivity index (χ0) is 28.5. The number of nitrogens with one attached hydrogen (secondary N) is 3. The van der Waals surface area contributed by atoms with Crippen molar-refractivity contribution in [3.05, 3.63) is 131 Å². The van der Waals surface area contributed by atoms with Crippen molar-refractivity contribution in [3.63, 3.8) is 0 Å². The summed E-state index contributed by atoms with van der Waals surface area (Å²) in [6.07, 6.45) is 1.30. The van der Waals surface area contributed by atoms with E-state index in [2.05, 4.69) is 16.0 Å². The van der Waals surface area contributed by atoms with Gasteiger partial charge in [0, 0.05) is 27.4 Å². The van der Waals surface area contributed by atoms with Crippen molar-refractivity contribution in [2.75, 3.05) is 16.4 Å². The maximum atomic E-state index is 14.3. The fraction of sp³-hybridized carbons (Fsp3) is 0.0938. The third kappa shape index (κ3) is 7.91. The van der Waals surface area contributed by atoms with Crippen LogP contribution in [0.1, 0.15) is 27.0 Å². The van der Waals surface area contributed by atoms with Crippen molar-refractivity contribution < 1.29 is 18.8 Å². The van der Waals surface area contributed by atoms with Crippen LogP contribution in [0.3, 0.4) is 0 Å². The minimum absolute atomic E-state index is 0.111. The minimum Gasteiger partial charge on any atom is -0.325 e. The quantitative estimate of drug-likeness (QED) is 0.161. The number of aryl methyl sites for hydroxylation is 2. The molecule has 4 aromatic carbocycles. The summed E-state index contributed by atoms with van der Waals surface area (Å²) in [6, 6.07) is 27.2. The SMILES string of the molecule is Cc1ccc(NC(=O)CSc2ccc(NC(=O)/C(=C/c3ccccc3F)NC(=O)c3ccccc3)cc2)c(C)c1. The fourth-order valence-electron chi connectivity index (χ4n) is 3.81. The summed E-state index contributed by atoms with van der Waals surface area (Å²) in [5.74, 6) is -1.53. The van der Waals surface area contributed by atoms with Crippen LogP contribution in [0, 0.1) is 19.7 Å². The van der Waals surface area contributed by atoms with Gasteiger partial charge in [0.1, 0.15) is 11.5 Å². The lowest BCUT2D eigenvalue weighted by Gasteiger charge is -2.12. The molecule has 0 saturated carbocycles. The second-order valence-electron chi connectivity index (χ2n) is 9.03. The second-order valence-corrected chi connectivity index (χ2v) is 10.1. The van der Waals surface area contributed by atoms with E-state index in [1.165, 1.54) is 30.0 Å². The van der Waals surface area contributed by atoms with E-state index in [4.69, 9.17) is 0 Å². The number of carbonyl (C=O) groups is 3. The van der Waals surface area contributed by atoms with E-state index < -0.39 is 17.6 Å². The molecule has 4 rings (SSSR count). The Morgan fingerprint density at radius 1 is 0.825 bits per heavy atom. The molecular formula is C32H28FN3O3S. The lowest BCUT2D eigenvalue weighted by molar-refractivity contribution is -0.114. The molecule has 0 spiro atoms. The predicted octanol–water partition coefficient (Wildman–Crippen LogP) is 6.58. The van der Waals surface area contributed by atoms with Crippen molar-refractivity contribution in [2.45, 2.75) is 18.7 Å². The van der Waals surface area contributed by atoms with Crippen molar-refractivity contribution in [3.8, 4) is 0 Å². The number of halogens is 1. The van der Waals surface area contributed by atoms with Crippen LogP contribution in [0.5, 0.6) is 0 Å². The third-order valence-electron chi connectivity index (χ3n) is 5.87. The molecule has 6 nitrogen and oxygen atoms in total. The Hall–Kier alpha value is -4.69. The molecule has 0 atom stereocenters. The number of amides is 3. The summed E-state index contributed by atoms with van der Waals surface area (Å²) in [6.45, 7) is 3.95. The average molecular weight is 554 g/mol. The van der Waals surface area contributed by atoms with Crippen LogP contribution in [0.15, 0.2) is 108 Å². The standard InChI is InChI=1S/C32H28FN3O3S/c1-21-12-17-28(22(2)18-21)35-30(37)20-40-26-15-13-25(14-16-26)34-32(39)29(19-24-10-6-7-11-27(24)33)36-31(38)23-8-4-3-5-9-23/h3-19H,20H2,1-2H3,(H,34,39)(H,35,37)(H,36,38)/b29-19-. The van der Waals surface area contributed by atoms with Crippen LogP contribution in [0.25, 0.3) is 6.08 Å². The Morgan fingerprint density at radius 2 is 1.52 bits per heavy atom. The molecule has 0 aliphatic heterocycles. The molecule has 202 valence electrons. The maximum absolute atomic E-state index is 14.3. The van der Waals surface area contributed by atoms with Crippen LogP contribution in [0.2, 0.25) is 0 Å². The lowest BCUT2D eigenvalue weighted by Crippen LogP contribution is -2.30. The van der Waals surface area contributed by atoms with Gasteiger partial charge < -0.3 is 16.0 Å². The van der Waals surface area contributed by atoms with Crippen LogP contribution >= 0.6 is 11.8 Å². The third-order valence-corrected chi connectivity index (χ3v) is 6.88. The maximum Gasteiger partial charge on any atom is 0.272 e. The monoisotopic (exact) mass is 553 g/mol. The largest absolute Gasteiger partial charge is 0.325 e. The predicted molar refractivity (Wildman–Crippen MR) is 159 cm³/mol. The first-order valence-electron chi connectivity index (χ1n) is 12.5. The second kappa shape index (κ2) is 13.4. The molecule has 3 N–H and O–H groups in total. The summed E-state index contributed by atoms with van der Waals surface area (Å²) in [4.78, 5) is 39.1. The van der Waals surface area contributed by atoms with Gasteiger partial charge in [-0.1, -0.05) is 54.1 Å². The average Bonchev–Trinajstić information content (AvgIpc) is 2.95. The summed E-state index contributed by atoms with van der Waals surface area (Å²) in [7, 11) is 0. The van der Waals surface area contributed by atoms with Gasteiger partial charge in [0.2, 0.25) is 5.91 Å². The van der Waals surface area contributed by atoms with Gasteiger partial charge in [-0.15, -0.1) is 11.8 Å². The molecule has 3 amide bonds. The number of hydrogen-bond acceptors (Lipinski definition) is 4. The summed E-state index contributed by atoms with van der Waals surface area (Å²) in [5.41, 5.74) is 3.80. The van der Waals surface area contributed by atoms with E-state index in [9.17, 15) is 18.8 Å². The van der Waals surface area contributed by atoms with Gasteiger partial charge in [-0.2, -0.15) is 0 Å². The van der Waals surface area contributed by atoms with Crippen LogP contribution < -0.4 is 16.0 Å². The van der Waals surface area contributed by atoms with Gasteiger partial charge >= 0.3 is 0 Å². The Balaban J connectivity index is 1.41. The number of benzene rings is 4. The number of carbonyl (C=O) groups excluding carboxylic acids is 3. The van der Waals surface area contributed by atoms with Crippen LogP contribution in [-0.2, 0) is 9.59 Å². The summed E-state index contributed by atoms with van der Waals surface area (Å²) in [5, 5.41) is 8.26. The highest BCUT2D eigenvalue weighted by atomic mass is 32.2. The minimum atomic E-state index is -0.610. The van der Waals surface area contributed by atoms with E-state index in [1.54, 1.807) is 66.7 Å². The topological polar surface area (TPSA) is 87.3 Å². The van der Waals surface area contributed by atoms with Crippen molar-refractivity contribution in [1.82, 2.24) is 5.32 Å². The normalized spacial score (nSPS) is 11.0. The number of hydrogen-bond donors (Lipinski definition) is 3. The van der Waals surface area contributed by atoms with Gasteiger partial charge in [-0.05, 0) is 74.0 Å². The molecular weight excluding hydrogens is 525 g/mol. The van der Waals surface area contributed by atoms with Crippen molar-refractivity contribution in [1.29, 1.82) is 0 Å². The van der Waals surface area contributed by atoms with E-state index in [-0.39, 0.29) is 22.9 Å². The molecule has 4 aromatic rings. The van der Waals surface area contributed by atoms with Gasteiger partial charge in [0.05, 0.1) is 5.75 Å². The van der Waals surface area contributed by atoms with Crippen LogP contribution in [-0.4, -0.2) is 23.5 Å². The van der Waals surface area contributed by atoms with Crippen molar-refractivity contribution >= 4 is 46.9 Å². The Labute approximate surface area is 236 Å². The van der Waals surface area contributed by atoms with Gasteiger partial charge in [-0.25, -0.2) is 4.39 Å². The zero-order valence-electron chi connectivity index (χ0n) is 22.0. The number of rotatable bonds is 9. The Morgan fingerprint density at radius 3 is 2.23 bits per heavy atom. The molecule has 0 fully saturated rings. The zero-order valence-corrected chi connectivity index (χ0v) is 22.8. The number of anilines is 2. The molecule has 0 bridgehead atoms. The van der Waals surface area contributed by atoms with Crippen molar-refractivity contribution in [2.24, 2.45) is 0 Å². The van der Waals surface area contributed by atoms with E-state index in [0.29, 0.717) is 11.3 Å². The molecule has 0 unspecified atom stereocenters. The summed E-state index contributed by atoms with van der Waals surface area (Å²) >= 11 is 1.37. The highest BCUT2D eigenvalue weighted by Gasteiger charge is 2.16. The first-order valence-corrected chi connectivity index (χ1v) is 13.5. The Bertz CT molecular complexity index is 1550. The molecule has 0 radical (unpaired) electrons. The van der Waals surface area contributed by atoms with Gasteiger partial charge in [0.15, 0.2) is 0 Å². The first kappa shape index (κ1) is 28.3. The lowest BCUT2D eigenvalue weighted by atomic mass is 10.1. The molecule has 0 aliphatic rings. The van der Waals surface area contributed by atoms with Gasteiger partial charge in [0.25, 0.3) is 11.8 Å². The smallest absolute Gasteiger partial charge is 0.272 e.